The summed E-state index contributed by atoms with van der Waals surface area (Å²) in [5.41, 5.74) is 2.66. The van der Waals surface area contributed by atoms with Gasteiger partial charge in [0, 0.05) is 25.4 Å². The third kappa shape index (κ3) is 7.09. The lowest BCUT2D eigenvalue weighted by atomic mass is 10.0. The molecule has 194 valence electrons. The number of fused-ring (bicyclic) bond motifs is 1. The van der Waals surface area contributed by atoms with Gasteiger partial charge in [0.2, 0.25) is 18.6 Å². The minimum absolute atomic E-state index is 0.0258. The van der Waals surface area contributed by atoms with Gasteiger partial charge in [-0.1, -0.05) is 55.5 Å². The van der Waals surface area contributed by atoms with E-state index in [0.717, 1.165) is 23.1 Å². The summed E-state index contributed by atoms with van der Waals surface area (Å²) in [6, 6.07) is 20.6. The Hall–Kier alpha value is -3.87. The largest absolute Gasteiger partial charge is 0.454 e. The Kier molecular flexibility index (Phi) is 8.77. The van der Waals surface area contributed by atoms with Gasteiger partial charge in [0.05, 0.1) is 0 Å². The van der Waals surface area contributed by atoms with Gasteiger partial charge < -0.3 is 19.7 Å². The van der Waals surface area contributed by atoms with Crippen LogP contribution in [0.25, 0.3) is 0 Å². The van der Waals surface area contributed by atoms with Crippen molar-refractivity contribution in [1.82, 2.24) is 10.2 Å². The van der Waals surface area contributed by atoms with Crippen LogP contribution in [-0.4, -0.2) is 35.6 Å². The monoisotopic (exact) mass is 504 g/mol. The number of hydrogen-bond acceptors (Lipinski definition) is 4. The molecule has 0 aromatic heterocycles. The molecule has 2 atom stereocenters. The molecule has 4 rings (SSSR count). The second kappa shape index (κ2) is 12.4. The third-order valence-electron chi connectivity index (χ3n) is 6.60. The van der Waals surface area contributed by atoms with E-state index < -0.39 is 6.04 Å². The number of halogens is 1. The highest BCUT2D eigenvalue weighted by Crippen LogP contribution is 2.33. The van der Waals surface area contributed by atoms with Crippen molar-refractivity contribution in [3.8, 4) is 11.5 Å². The van der Waals surface area contributed by atoms with Crippen molar-refractivity contribution < 1.29 is 23.5 Å². The maximum Gasteiger partial charge on any atom is 0.243 e. The Morgan fingerprint density at radius 2 is 1.65 bits per heavy atom. The molecule has 0 spiro atoms. The summed E-state index contributed by atoms with van der Waals surface area (Å²) in [5, 5.41) is 3.06. The normalized spacial score (nSPS) is 13.6. The van der Waals surface area contributed by atoms with Crippen LogP contribution in [0.3, 0.4) is 0 Å². The maximum absolute atomic E-state index is 13.7. The van der Waals surface area contributed by atoms with Crippen LogP contribution in [0, 0.1) is 5.82 Å². The van der Waals surface area contributed by atoms with Gasteiger partial charge in [0.15, 0.2) is 11.5 Å². The Morgan fingerprint density at radius 3 is 2.38 bits per heavy atom. The Morgan fingerprint density at radius 1 is 0.946 bits per heavy atom. The molecule has 0 radical (unpaired) electrons. The number of carbonyl (C=O) groups excluding carboxylic acids is 2. The molecule has 3 aromatic carbocycles. The molecule has 0 saturated carbocycles. The molecular formula is C30H33FN2O4. The number of carbonyl (C=O) groups is 2. The number of rotatable bonds is 11. The predicted molar refractivity (Wildman–Crippen MR) is 140 cm³/mol. The van der Waals surface area contributed by atoms with Crippen LogP contribution < -0.4 is 14.8 Å². The molecule has 1 aliphatic heterocycles. The van der Waals surface area contributed by atoms with Gasteiger partial charge in [-0.15, -0.1) is 0 Å². The molecule has 0 aliphatic carbocycles. The highest BCUT2D eigenvalue weighted by molar-refractivity contribution is 5.88. The fourth-order valence-electron chi connectivity index (χ4n) is 4.27. The highest BCUT2D eigenvalue weighted by atomic mass is 19.1. The van der Waals surface area contributed by atoms with E-state index in [9.17, 15) is 14.0 Å². The molecule has 0 fully saturated rings. The number of nitrogens with zero attached hydrogens (tertiary/aromatic N) is 1. The Bertz CT molecular complexity index is 1200. The molecule has 3 aromatic rings. The standard InChI is InChI=1S/C30H33FN2O4/c1-3-21(2)32-30(35)26(17-22-7-5-4-6-8-22)33(19-24-9-13-25(31)14-10-24)29(34)16-12-23-11-15-27-28(18-23)37-20-36-27/h4-11,13-15,18,21,26H,3,12,16-17,19-20H2,1-2H3,(H,32,35)/t21-,26-/m0/s1. The molecule has 1 aliphatic rings. The first-order valence-corrected chi connectivity index (χ1v) is 12.7. The van der Waals surface area contributed by atoms with Gasteiger partial charge in [-0.05, 0) is 60.7 Å². The van der Waals surface area contributed by atoms with Crippen molar-refractivity contribution >= 4 is 11.8 Å². The molecule has 1 N–H and O–H groups in total. The molecule has 2 amide bonds. The SMILES string of the molecule is CC[C@H](C)NC(=O)[C@H](Cc1ccccc1)N(Cc1ccc(F)cc1)C(=O)CCc1ccc2c(c1)OCO2. The number of hydrogen-bond donors (Lipinski definition) is 1. The first kappa shape index (κ1) is 26.2. The molecule has 0 unspecified atom stereocenters. The van der Waals surface area contributed by atoms with Gasteiger partial charge in [0.25, 0.3) is 0 Å². The molecule has 0 bridgehead atoms. The zero-order valence-electron chi connectivity index (χ0n) is 21.3. The summed E-state index contributed by atoms with van der Waals surface area (Å²) in [6.07, 6.45) is 1.85. The fourth-order valence-corrected chi connectivity index (χ4v) is 4.27. The average molecular weight is 505 g/mol. The van der Waals surface area contributed by atoms with Crippen LogP contribution in [-0.2, 0) is 29.0 Å². The van der Waals surface area contributed by atoms with E-state index in [1.54, 1.807) is 17.0 Å². The molecule has 7 heteroatoms. The van der Waals surface area contributed by atoms with E-state index in [4.69, 9.17) is 9.47 Å². The average Bonchev–Trinajstić information content (AvgIpc) is 3.39. The van der Waals surface area contributed by atoms with Crippen molar-refractivity contribution in [3.63, 3.8) is 0 Å². The van der Waals surface area contributed by atoms with Crippen LogP contribution in [0.5, 0.6) is 11.5 Å². The summed E-state index contributed by atoms with van der Waals surface area (Å²) in [4.78, 5) is 28.9. The van der Waals surface area contributed by atoms with Crippen molar-refractivity contribution in [2.24, 2.45) is 0 Å². The molecule has 0 saturated heterocycles. The van der Waals surface area contributed by atoms with Crippen LogP contribution >= 0.6 is 0 Å². The summed E-state index contributed by atoms with van der Waals surface area (Å²) in [5.74, 6) is 0.666. The second-order valence-electron chi connectivity index (χ2n) is 9.36. The van der Waals surface area contributed by atoms with Gasteiger partial charge in [-0.2, -0.15) is 0 Å². The lowest BCUT2D eigenvalue weighted by Gasteiger charge is -2.32. The number of aryl methyl sites for hydroxylation is 1. The van der Waals surface area contributed by atoms with E-state index in [0.29, 0.717) is 24.3 Å². The van der Waals surface area contributed by atoms with Gasteiger partial charge in [-0.25, -0.2) is 4.39 Å². The maximum atomic E-state index is 13.7. The topological polar surface area (TPSA) is 67.9 Å². The zero-order chi connectivity index (χ0) is 26.2. The Balaban J connectivity index is 1.59. The smallest absolute Gasteiger partial charge is 0.243 e. The van der Waals surface area contributed by atoms with Crippen LogP contribution in [0.2, 0.25) is 0 Å². The predicted octanol–water partition coefficient (Wildman–Crippen LogP) is 5.04. The molecule has 6 nitrogen and oxygen atoms in total. The van der Waals surface area contributed by atoms with Gasteiger partial charge >= 0.3 is 0 Å². The Labute approximate surface area is 217 Å². The quantitative estimate of drug-likeness (QED) is 0.397. The van der Waals surface area contributed by atoms with Crippen LogP contribution in [0.1, 0.15) is 43.4 Å². The van der Waals surface area contributed by atoms with E-state index in [-0.39, 0.29) is 43.4 Å². The summed E-state index contributed by atoms with van der Waals surface area (Å²) >= 11 is 0. The number of nitrogens with one attached hydrogen (secondary N) is 1. The van der Waals surface area contributed by atoms with Crippen molar-refractivity contribution in [2.45, 2.75) is 58.2 Å². The van der Waals surface area contributed by atoms with E-state index >= 15 is 0 Å². The van der Waals surface area contributed by atoms with Gasteiger partial charge in [-0.3, -0.25) is 9.59 Å². The van der Waals surface area contributed by atoms with Gasteiger partial charge in [0.1, 0.15) is 11.9 Å². The minimum atomic E-state index is -0.717. The molecule has 37 heavy (non-hydrogen) atoms. The van der Waals surface area contributed by atoms with E-state index in [2.05, 4.69) is 5.32 Å². The lowest BCUT2D eigenvalue weighted by molar-refractivity contribution is -0.141. The first-order chi connectivity index (χ1) is 17.9. The third-order valence-corrected chi connectivity index (χ3v) is 6.60. The summed E-state index contributed by atoms with van der Waals surface area (Å²) in [7, 11) is 0. The van der Waals surface area contributed by atoms with Crippen LogP contribution in [0.15, 0.2) is 72.8 Å². The number of amides is 2. The molecular weight excluding hydrogens is 471 g/mol. The second-order valence-corrected chi connectivity index (χ2v) is 9.36. The first-order valence-electron chi connectivity index (χ1n) is 12.7. The zero-order valence-corrected chi connectivity index (χ0v) is 21.3. The van der Waals surface area contributed by atoms with E-state index in [1.807, 2.05) is 62.4 Å². The summed E-state index contributed by atoms with van der Waals surface area (Å²) < 4.78 is 24.4. The van der Waals surface area contributed by atoms with Crippen LogP contribution in [0.4, 0.5) is 4.39 Å². The van der Waals surface area contributed by atoms with Crippen molar-refractivity contribution in [1.29, 1.82) is 0 Å². The minimum Gasteiger partial charge on any atom is -0.454 e. The van der Waals surface area contributed by atoms with Crippen molar-refractivity contribution in [2.75, 3.05) is 6.79 Å². The number of ether oxygens (including phenoxy) is 2. The number of benzene rings is 3. The highest BCUT2D eigenvalue weighted by Gasteiger charge is 2.31. The summed E-state index contributed by atoms with van der Waals surface area (Å²) in [6.45, 7) is 4.34. The fraction of sp³-hybridized carbons (Fsp3) is 0.333. The lowest BCUT2D eigenvalue weighted by Crippen LogP contribution is -2.52. The van der Waals surface area contributed by atoms with Crippen molar-refractivity contribution in [3.05, 3.63) is 95.3 Å². The molecule has 1 heterocycles. The van der Waals surface area contributed by atoms with E-state index in [1.165, 1.54) is 12.1 Å².